The molecule has 0 fully saturated rings. The van der Waals surface area contributed by atoms with E-state index in [0.29, 0.717) is 11.1 Å². The van der Waals surface area contributed by atoms with Crippen molar-refractivity contribution in [2.45, 2.75) is 0 Å². The molecule has 2 aromatic carbocycles. The first-order chi connectivity index (χ1) is 12.9. The lowest BCUT2D eigenvalue weighted by molar-refractivity contribution is -0.385. The fraction of sp³-hybridized carbons (Fsp3) is 0.167. The molecule has 9 heteroatoms. The van der Waals surface area contributed by atoms with Crippen LogP contribution < -0.4 is 4.74 Å². The van der Waals surface area contributed by atoms with Gasteiger partial charge in [-0.3, -0.25) is 24.6 Å². The summed E-state index contributed by atoms with van der Waals surface area (Å²) in [5.74, 6) is -1.70. The Bertz CT molecular complexity index is 919. The smallest absolute Gasteiger partial charge is 0.338 e. The average molecular weight is 370 g/mol. The molecule has 0 spiro atoms. The molecule has 0 N–H and O–H groups in total. The molecule has 138 valence electrons. The van der Waals surface area contributed by atoms with E-state index >= 15 is 0 Å². The Kier molecular flexibility index (Phi) is 4.84. The summed E-state index contributed by atoms with van der Waals surface area (Å²) in [7, 11) is 1.28. The second-order valence-corrected chi connectivity index (χ2v) is 5.59. The van der Waals surface area contributed by atoms with Gasteiger partial charge in [0.2, 0.25) is 0 Å². The minimum absolute atomic E-state index is 0.0163. The number of imide groups is 1. The molecule has 2 aromatic rings. The number of nitro groups is 1. The first kappa shape index (κ1) is 18.1. The van der Waals surface area contributed by atoms with Crippen LogP contribution in [0.2, 0.25) is 0 Å². The van der Waals surface area contributed by atoms with Gasteiger partial charge >= 0.3 is 11.7 Å². The highest BCUT2D eigenvalue weighted by atomic mass is 16.6. The number of nitrogens with zero attached hydrogens (tertiary/aromatic N) is 2. The predicted octanol–water partition coefficient (Wildman–Crippen LogP) is 2.06. The van der Waals surface area contributed by atoms with Crippen molar-refractivity contribution in [2.75, 3.05) is 20.3 Å². The summed E-state index contributed by atoms with van der Waals surface area (Å²) in [5.41, 5.74) is 0.205. The molecule has 0 atom stereocenters. The lowest BCUT2D eigenvalue weighted by Gasteiger charge is -2.13. The highest BCUT2D eigenvalue weighted by Crippen LogP contribution is 2.28. The summed E-state index contributed by atoms with van der Waals surface area (Å²) < 4.78 is 9.91. The normalized spacial score (nSPS) is 12.7. The van der Waals surface area contributed by atoms with Gasteiger partial charge in [-0.05, 0) is 24.3 Å². The molecule has 0 saturated heterocycles. The van der Waals surface area contributed by atoms with Gasteiger partial charge in [-0.15, -0.1) is 0 Å². The summed E-state index contributed by atoms with van der Waals surface area (Å²) in [6, 6.07) is 10.1. The Balaban J connectivity index is 1.64. The summed E-state index contributed by atoms with van der Waals surface area (Å²) in [6.07, 6.45) is 0. The first-order valence-corrected chi connectivity index (χ1v) is 7.89. The Morgan fingerprint density at radius 1 is 1.11 bits per heavy atom. The van der Waals surface area contributed by atoms with Crippen LogP contribution in [-0.4, -0.2) is 47.9 Å². The third-order valence-electron chi connectivity index (χ3n) is 4.04. The summed E-state index contributed by atoms with van der Waals surface area (Å²) in [6.45, 7) is -0.347. The third kappa shape index (κ3) is 3.34. The number of amides is 2. The zero-order chi connectivity index (χ0) is 19.6. The zero-order valence-electron chi connectivity index (χ0n) is 14.2. The van der Waals surface area contributed by atoms with E-state index in [4.69, 9.17) is 9.47 Å². The Morgan fingerprint density at radius 2 is 1.74 bits per heavy atom. The maximum Gasteiger partial charge on any atom is 0.338 e. The van der Waals surface area contributed by atoms with Crippen LogP contribution in [0.4, 0.5) is 5.69 Å². The molecule has 0 unspecified atom stereocenters. The third-order valence-corrected chi connectivity index (χ3v) is 4.04. The Labute approximate surface area is 153 Å². The lowest BCUT2D eigenvalue weighted by atomic mass is 10.1. The summed E-state index contributed by atoms with van der Waals surface area (Å²) in [5, 5.41) is 11.0. The fourth-order valence-electron chi connectivity index (χ4n) is 2.71. The number of hydrogen-bond acceptors (Lipinski definition) is 7. The van der Waals surface area contributed by atoms with Gasteiger partial charge in [0.15, 0.2) is 5.75 Å². The number of methoxy groups -OCH3 is 1. The van der Waals surface area contributed by atoms with E-state index in [2.05, 4.69) is 0 Å². The van der Waals surface area contributed by atoms with Crippen molar-refractivity contribution in [1.29, 1.82) is 0 Å². The largest absolute Gasteiger partial charge is 0.490 e. The van der Waals surface area contributed by atoms with Crippen molar-refractivity contribution in [3.63, 3.8) is 0 Å². The minimum Gasteiger partial charge on any atom is -0.490 e. The maximum atomic E-state index is 12.2. The van der Waals surface area contributed by atoms with E-state index < -0.39 is 22.7 Å². The molecule has 0 aliphatic carbocycles. The van der Waals surface area contributed by atoms with E-state index in [0.717, 1.165) is 11.0 Å². The predicted molar refractivity (Wildman–Crippen MR) is 91.7 cm³/mol. The van der Waals surface area contributed by atoms with Gasteiger partial charge < -0.3 is 9.47 Å². The minimum atomic E-state index is -0.808. The van der Waals surface area contributed by atoms with Gasteiger partial charge in [0.05, 0.1) is 35.3 Å². The van der Waals surface area contributed by atoms with Gasteiger partial charge in [0.1, 0.15) is 6.61 Å². The van der Waals surface area contributed by atoms with Gasteiger partial charge in [-0.2, -0.15) is 0 Å². The Hall–Kier alpha value is -3.75. The number of hydrogen-bond donors (Lipinski definition) is 0. The molecule has 0 bridgehead atoms. The molecule has 2 amide bonds. The average Bonchev–Trinajstić information content (AvgIpc) is 2.92. The van der Waals surface area contributed by atoms with Gasteiger partial charge in [-0.25, -0.2) is 4.79 Å². The molecule has 0 aromatic heterocycles. The van der Waals surface area contributed by atoms with Crippen molar-refractivity contribution >= 4 is 23.5 Å². The van der Waals surface area contributed by atoms with E-state index in [1.165, 1.54) is 19.2 Å². The molecular formula is C18H14N2O7. The fourth-order valence-corrected chi connectivity index (χ4v) is 2.71. The van der Waals surface area contributed by atoms with Crippen LogP contribution in [0.15, 0.2) is 42.5 Å². The quantitative estimate of drug-likeness (QED) is 0.331. The van der Waals surface area contributed by atoms with E-state index in [1.807, 2.05) is 0 Å². The molecule has 3 rings (SSSR count). The van der Waals surface area contributed by atoms with Crippen molar-refractivity contribution < 1.29 is 28.8 Å². The van der Waals surface area contributed by atoms with Crippen molar-refractivity contribution in [2.24, 2.45) is 0 Å². The van der Waals surface area contributed by atoms with Gasteiger partial charge in [0.25, 0.3) is 11.8 Å². The molecule has 1 aliphatic rings. The highest BCUT2D eigenvalue weighted by molar-refractivity contribution is 6.21. The van der Waals surface area contributed by atoms with Crippen LogP contribution in [0, 0.1) is 10.1 Å². The molecule has 1 aliphatic heterocycles. The second-order valence-electron chi connectivity index (χ2n) is 5.59. The maximum absolute atomic E-state index is 12.2. The number of fused-ring (bicyclic) bond motifs is 1. The summed E-state index contributed by atoms with van der Waals surface area (Å²) >= 11 is 0. The molecule has 0 saturated carbocycles. The lowest BCUT2D eigenvalue weighted by Crippen LogP contribution is -2.33. The number of benzene rings is 2. The molecule has 27 heavy (non-hydrogen) atoms. The van der Waals surface area contributed by atoms with Crippen molar-refractivity contribution in [1.82, 2.24) is 4.90 Å². The van der Waals surface area contributed by atoms with Gasteiger partial charge in [0, 0.05) is 6.07 Å². The zero-order valence-corrected chi connectivity index (χ0v) is 14.2. The van der Waals surface area contributed by atoms with E-state index in [1.54, 1.807) is 24.3 Å². The number of ether oxygens (including phenoxy) is 2. The number of nitro benzene ring substituents is 1. The topological polar surface area (TPSA) is 116 Å². The highest BCUT2D eigenvalue weighted by Gasteiger charge is 2.34. The molecule has 9 nitrogen and oxygen atoms in total. The van der Waals surface area contributed by atoms with Crippen LogP contribution >= 0.6 is 0 Å². The summed E-state index contributed by atoms with van der Waals surface area (Å²) in [4.78, 5) is 47.9. The SMILES string of the molecule is COc1ccc(C(=O)OCCN2C(=O)c3ccccc3C2=O)cc1[N+](=O)[O-]. The number of rotatable bonds is 6. The van der Waals surface area contributed by atoms with Crippen LogP contribution in [0.5, 0.6) is 5.75 Å². The van der Waals surface area contributed by atoms with E-state index in [-0.39, 0.29) is 30.2 Å². The van der Waals surface area contributed by atoms with Crippen molar-refractivity contribution in [3.8, 4) is 5.75 Å². The molecular weight excluding hydrogens is 356 g/mol. The number of esters is 1. The first-order valence-electron chi connectivity index (χ1n) is 7.89. The Morgan fingerprint density at radius 3 is 2.30 bits per heavy atom. The van der Waals surface area contributed by atoms with Crippen LogP contribution in [-0.2, 0) is 4.74 Å². The standard InChI is InChI=1S/C18H14N2O7/c1-26-15-7-6-11(10-14(15)20(24)25)18(23)27-9-8-19-16(21)12-4-2-3-5-13(12)17(19)22/h2-7,10H,8-9H2,1H3. The molecule has 0 radical (unpaired) electrons. The van der Waals surface area contributed by atoms with Gasteiger partial charge in [-0.1, -0.05) is 12.1 Å². The second kappa shape index (κ2) is 7.24. The van der Waals surface area contributed by atoms with E-state index in [9.17, 15) is 24.5 Å². The number of carbonyl (C=O) groups excluding carboxylic acids is 3. The molecule has 1 heterocycles. The monoisotopic (exact) mass is 370 g/mol. The van der Waals surface area contributed by atoms with Crippen LogP contribution in [0.3, 0.4) is 0 Å². The van der Waals surface area contributed by atoms with Crippen molar-refractivity contribution in [3.05, 3.63) is 69.3 Å². The van der Waals surface area contributed by atoms with Crippen LogP contribution in [0.25, 0.3) is 0 Å². The van der Waals surface area contributed by atoms with Crippen LogP contribution in [0.1, 0.15) is 31.1 Å². The number of carbonyl (C=O) groups is 3.